The van der Waals surface area contributed by atoms with Crippen LogP contribution in [0.4, 0.5) is 5.69 Å². The predicted octanol–water partition coefficient (Wildman–Crippen LogP) is 3.36. The Bertz CT molecular complexity index is 375. The first-order valence-corrected chi connectivity index (χ1v) is 6.63. The van der Waals surface area contributed by atoms with Crippen LogP contribution >= 0.6 is 0 Å². The lowest BCUT2D eigenvalue weighted by molar-refractivity contribution is 0.199. The van der Waals surface area contributed by atoms with E-state index in [1.165, 1.54) is 18.5 Å². The van der Waals surface area contributed by atoms with Crippen molar-refractivity contribution in [2.75, 3.05) is 11.4 Å². The van der Waals surface area contributed by atoms with Crippen LogP contribution in [0.3, 0.4) is 0 Å². The molecule has 0 bridgehead atoms. The molecule has 2 rings (SSSR count). The van der Waals surface area contributed by atoms with Gasteiger partial charge in [-0.15, -0.1) is 0 Å². The van der Waals surface area contributed by atoms with E-state index in [1.807, 2.05) is 19.1 Å². The molecule has 0 aliphatic carbocycles. The number of piperidine rings is 1. The molecule has 0 aromatic heterocycles. The highest BCUT2D eigenvalue weighted by atomic mass is 16.3. The molecule has 0 spiro atoms. The van der Waals surface area contributed by atoms with Crippen LogP contribution in [0.25, 0.3) is 0 Å². The van der Waals surface area contributed by atoms with E-state index in [2.05, 4.69) is 30.9 Å². The second kappa shape index (κ2) is 5.09. The average molecular weight is 233 g/mol. The van der Waals surface area contributed by atoms with Crippen LogP contribution in [0.1, 0.15) is 45.3 Å². The van der Waals surface area contributed by atoms with Gasteiger partial charge in [0.2, 0.25) is 0 Å². The number of aliphatic hydroxyl groups is 1. The van der Waals surface area contributed by atoms with Crippen molar-refractivity contribution in [3.63, 3.8) is 0 Å². The Hall–Kier alpha value is -1.02. The third-order valence-electron chi connectivity index (χ3n) is 3.83. The number of nitrogens with zero attached hydrogens (tertiary/aromatic N) is 1. The quantitative estimate of drug-likeness (QED) is 0.846. The summed E-state index contributed by atoms with van der Waals surface area (Å²) in [5, 5.41) is 9.85. The van der Waals surface area contributed by atoms with Crippen molar-refractivity contribution in [2.24, 2.45) is 5.92 Å². The number of hydrogen-bond acceptors (Lipinski definition) is 2. The molecule has 1 heterocycles. The molecule has 3 unspecified atom stereocenters. The third-order valence-corrected chi connectivity index (χ3v) is 3.83. The van der Waals surface area contributed by atoms with Gasteiger partial charge in [-0.05, 0) is 38.7 Å². The zero-order valence-corrected chi connectivity index (χ0v) is 11.1. The number of rotatable bonds is 2. The fourth-order valence-electron chi connectivity index (χ4n) is 2.87. The first-order chi connectivity index (χ1) is 8.09. The van der Waals surface area contributed by atoms with Crippen molar-refractivity contribution in [1.29, 1.82) is 0 Å². The van der Waals surface area contributed by atoms with Crippen molar-refractivity contribution in [1.82, 2.24) is 0 Å². The lowest BCUT2D eigenvalue weighted by Crippen LogP contribution is -2.40. The van der Waals surface area contributed by atoms with Gasteiger partial charge in [0.05, 0.1) is 6.10 Å². The SMILES string of the molecule is CC1CCN(c2ccccc2C(C)O)C(C)C1. The molecule has 1 aliphatic heterocycles. The molecule has 2 heteroatoms. The van der Waals surface area contributed by atoms with Crippen LogP contribution < -0.4 is 4.90 Å². The van der Waals surface area contributed by atoms with Gasteiger partial charge in [0.25, 0.3) is 0 Å². The van der Waals surface area contributed by atoms with Gasteiger partial charge in [-0.25, -0.2) is 0 Å². The monoisotopic (exact) mass is 233 g/mol. The standard InChI is InChI=1S/C15H23NO/c1-11-8-9-16(12(2)10-11)15-7-5-4-6-14(15)13(3)17/h4-7,11-13,17H,8-10H2,1-3H3. The second-order valence-corrected chi connectivity index (χ2v) is 5.41. The summed E-state index contributed by atoms with van der Waals surface area (Å²) in [7, 11) is 0. The Morgan fingerprint density at radius 1 is 1.29 bits per heavy atom. The largest absolute Gasteiger partial charge is 0.389 e. The summed E-state index contributed by atoms with van der Waals surface area (Å²) in [4.78, 5) is 2.45. The van der Waals surface area contributed by atoms with Crippen LogP contribution in [-0.4, -0.2) is 17.7 Å². The minimum atomic E-state index is -0.391. The average Bonchev–Trinajstić information content (AvgIpc) is 2.29. The van der Waals surface area contributed by atoms with Crippen LogP contribution in [0, 0.1) is 5.92 Å². The van der Waals surface area contributed by atoms with Crippen molar-refractivity contribution in [2.45, 2.75) is 45.8 Å². The Kier molecular flexibility index (Phi) is 3.72. The number of benzene rings is 1. The molecule has 94 valence electrons. The maximum Gasteiger partial charge on any atom is 0.0781 e. The molecule has 1 saturated heterocycles. The maximum atomic E-state index is 9.85. The lowest BCUT2D eigenvalue weighted by atomic mass is 9.92. The number of hydrogen-bond donors (Lipinski definition) is 1. The van der Waals surface area contributed by atoms with Crippen molar-refractivity contribution in [3.8, 4) is 0 Å². The van der Waals surface area contributed by atoms with Crippen molar-refractivity contribution >= 4 is 5.69 Å². The zero-order valence-electron chi connectivity index (χ0n) is 11.1. The van der Waals surface area contributed by atoms with E-state index in [0.717, 1.165) is 18.0 Å². The van der Waals surface area contributed by atoms with Gasteiger partial charge in [0, 0.05) is 23.8 Å². The summed E-state index contributed by atoms with van der Waals surface area (Å²) in [6.45, 7) is 7.56. The fourth-order valence-corrected chi connectivity index (χ4v) is 2.87. The van der Waals surface area contributed by atoms with Crippen LogP contribution in [0.15, 0.2) is 24.3 Å². The molecule has 1 aromatic carbocycles. The molecule has 17 heavy (non-hydrogen) atoms. The van der Waals surface area contributed by atoms with Gasteiger partial charge < -0.3 is 10.0 Å². The number of anilines is 1. The first-order valence-electron chi connectivity index (χ1n) is 6.63. The summed E-state index contributed by atoms with van der Waals surface area (Å²) in [5.41, 5.74) is 2.26. The normalized spacial score (nSPS) is 26.9. The highest BCUT2D eigenvalue weighted by Gasteiger charge is 2.25. The van der Waals surface area contributed by atoms with Crippen molar-refractivity contribution < 1.29 is 5.11 Å². The summed E-state index contributed by atoms with van der Waals surface area (Å²) >= 11 is 0. The third kappa shape index (κ3) is 2.63. The summed E-state index contributed by atoms with van der Waals surface area (Å²) in [6, 6.07) is 8.80. The highest BCUT2D eigenvalue weighted by Crippen LogP contribution is 2.32. The summed E-state index contributed by atoms with van der Waals surface area (Å²) in [5.74, 6) is 0.819. The summed E-state index contributed by atoms with van der Waals surface area (Å²) < 4.78 is 0. The van der Waals surface area contributed by atoms with Gasteiger partial charge in [-0.1, -0.05) is 25.1 Å². The minimum absolute atomic E-state index is 0.391. The van der Waals surface area contributed by atoms with E-state index in [-0.39, 0.29) is 0 Å². The molecule has 0 radical (unpaired) electrons. The van der Waals surface area contributed by atoms with E-state index < -0.39 is 6.10 Å². The van der Waals surface area contributed by atoms with Gasteiger partial charge in [-0.3, -0.25) is 0 Å². The molecule has 0 saturated carbocycles. The molecular weight excluding hydrogens is 210 g/mol. The highest BCUT2D eigenvalue weighted by molar-refractivity contribution is 5.55. The maximum absolute atomic E-state index is 9.85. The molecule has 0 amide bonds. The van der Waals surface area contributed by atoms with E-state index in [4.69, 9.17) is 0 Å². The van der Waals surface area contributed by atoms with E-state index in [0.29, 0.717) is 6.04 Å². The predicted molar refractivity (Wildman–Crippen MR) is 72.3 cm³/mol. The topological polar surface area (TPSA) is 23.5 Å². The Balaban J connectivity index is 2.27. The van der Waals surface area contributed by atoms with E-state index in [9.17, 15) is 5.11 Å². The molecule has 3 atom stereocenters. The second-order valence-electron chi connectivity index (χ2n) is 5.41. The van der Waals surface area contributed by atoms with E-state index in [1.54, 1.807) is 0 Å². The number of aliphatic hydroxyl groups excluding tert-OH is 1. The van der Waals surface area contributed by atoms with Crippen LogP contribution in [0.5, 0.6) is 0 Å². The molecule has 1 N–H and O–H groups in total. The number of para-hydroxylation sites is 1. The van der Waals surface area contributed by atoms with Gasteiger partial charge >= 0.3 is 0 Å². The van der Waals surface area contributed by atoms with Crippen LogP contribution in [0.2, 0.25) is 0 Å². The van der Waals surface area contributed by atoms with E-state index >= 15 is 0 Å². The summed E-state index contributed by atoms with van der Waals surface area (Å²) in [6.07, 6.45) is 2.10. The van der Waals surface area contributed by atoms with Gasteiger partial charge in [0.1, 0.15) is 0 Å². The van der Waals surface area contributed by atoms with Crippen LogP contribution in [-0.2, 0) is 0 Å². The lowest BCUT2D eigenvalue weighted by Gasteiger charge is -2.39. The van der Waals surface area contributed by atoms with Gasteiger partial charge in [-0.2, -0.15) is 0 Å². The Morgan fingerprint density at radius 3 is 2.65 bits per heavy atom. The molecule has 1 fully saturated rings. The Morgan fingerprint density at radius 2 is 2.00 bits per heavy atom. The minimum Gasteiger partial charge on any atom is -0.389 e. The van der Waals surface area contributed by atoms with Gasteiger partial charge in [0.15, 0.2) is 0 Å². The van der Waals surface area contributed by atoms with Crippen molar-refractivity contribution in [3.05, 3.63) is 29.8 Å². The Labute approximate surface area is 104 Å². The molecular formula is C15H23NO. The fraction of sp³-hybridized carbons (Fsp3) is 0.600. The molecule has 1 aromatic rings. The first kappa shape index (κ1) is 12.4. The zero-order chi connectivity index (χ0) is 12.4. The molecule has 2 nitrogen and oxygen atoms in total. The molecule has 1 aliphatic rings. The smallest absolute Gasteiger partial charge is 0.0781 e.